The summed E-state index contributed by atoms with van der Waals surface area (Å²) in [4.78, 5) is 16.2. The van der Waals surface area contributed by atoms with Crippen molar-refractivity contribution in [2.45, 2.75) is 18.2 Å². The Balaban J connectivity index is 1.67. The molecule has 0 bridgehead atoms. The van der Waals surface area contributed by atoms with Gasteiger partial charge in [-0.2, -0.15) is 4.31 Å². The van der Waals surface area contributed by atoms with E-state index in [2.05, 4.69) is 10.3 Å². The van der Waals surface area contributed by atoms with Crippen molar-refractivity contribution in [3.63, 3.8) is 0 Å². The van der Waals surface area contributed by atoms with Crippen LogP contribution in [0.15, 0.2) is 53.6 Å². The van der Waals surface area contributed by atoms with Gasteiger partial charge in [-0.05, 0) is 42.3 Å². The number of aromatic nitrogens is 1. The summed E-state index contributed by atoms with van der Waals surface area (Å²) in [5.41, 5.74) is 2.59. The lowest BCUT2D eigenvalue weighted by Crippen LogP contribution is -2.41. The number of hydrogen-bond acceptors (Lipinski definition) is 4. The van der Waals surface area contributed by atoms with Crippen LogP contribution < -0.4 is 5.32 Å². The fourth-order valence-corrected chi connectivity index (χ4v) is 5.27. The van der Waals surface area contributed by atoms with E-state index in [9.17, 15) is 13.2 Å². The maximum Gasteiger partial charge on any atom is 0.255 e. The molecule has 1 amide bonds. The van der Waals surface area contributed by atoms with Crippen molar-refractivity contribution in [3.8, 4) is 0 Å². The fraction of sp³-hybridized carbons (Fsp3) is 0.286. The van der Waals surface area contributed by atoms with Gasteiger partial charge < -0.3 is 15.0 Å². The molecule has 0 saturated carbocycles. The molecule has 3 aromatic rings. The minimum atomic E-state index is -3.69. The average Bonchev–Trinajstić information content (AvgIpc) is 3.24. The quantitative estimate of drug-likeness (QED) is 0.673. The molecule has 2 aromatic carbocycles. The van der Waals surface area contributed by atoms with E-state index in [-0.39, 0.29) is 10.8 Å². The van der Waals surface area contributed by atoms with Gasteiger partial charge in [0.05, 0.1) is 23.8 Å². The molecule has 8 heteroatoms. The number of H-pyrrole nitrogens is 1. The maximum absolute atomic E-state index is 13.2. The number of carbonyl (C=O) groups excluding carboxylic acids is 1. The predicted molar refractivity (Wildman–Crippen MR) is 112 cm³/mol. The summed E-state index contributed by atoms with van der Waals surface area (Å²) in [5, 5.41) is 3.79. The zero-order valence-corrected chi connectivity index (χ0v) is 17.0. The minimum Gasteiger partial charge on any atom is -0.379 e. The van der Waals surface area contributed by atoms with Crippen molar-refractivity contribution in [3.05, 3.63) is 59.8 Å². The van der Waals surface area contributed by atoms with Crippen molar-refractivity contribution in [2.75, 3.05) is 31.6 Å². The first-order valence-corrected chi connectivity index (χ1v) is 11.0. The predicted octanol–water partition coefficient (Wildman–Crippen LogP) is 3.00. The number of amides is 1. The largest absolute Gasteiger partial charge is 0.379 e. The second kappa shape index (κ2) is 7.98. The molecule has 2 N–H and O–H groups in total. The van der Waals surface area contributed by atoms with E-state index in [0.29, 0.717) is 49.5 Å². The highest BCUT2D eigenvalue weighted by Gasteiger charge is 2.29. The number of rotatable bonds is 5. The Kier molecular flexibility index (Phi) is 5.40. The van der Waals surface area contributed by atoms with Gasteiger partial charge in [0.15, 0.2) is 0 Å². The van der Waals surface area contributed by atoms with Crippen molar-refractivity contribution in [1.82, 2.24) is 9.29 Å². The van der Waals surface area contributed by atoms with Gasteiger partial charge in [0, 0.05) is 35.8 Å². The lowest BCUT2D eigenvalue weighted by atomic mass is 10.1. The van der Waals surface area contributed by atoms with Crippen LogP contribution in [0.2, 0.25) is 0 Å². The molecule has 29 heavy (non-hydrogen) atoms. The summed E-state index contributed by atoms with van der Waals surface area (Å²) in [7, 11) is -3.69. The van der Waals surface area contributed by atoms with Crippen LogP contribution in [0, 0.1) is 0 Å². The Morgan fingerprint density at radius 1 is 1.17 bits per heavy atom. The van der Waals surface area contributed by atoms with Crippen LogP contribution >= 0.6 is 0 Å². The molecule has 4 rings (SSSR count). The van der Waals surface area contributed by atoms with Crippen molar-refractivity contribution >= 4 is 32.5 Å². The zero-order chi connectivity index (χ0) is 20.4. The third-order valence-corrected chi connectivity index (χ3v) is 7.12. The highest BCUT2D eigenvalue weighted by atomic mass is 32.2. The van der Waals surface area contributed by atoms with Crippen molar-refractivity contribution in [1.29, 1.82) is 0 Å². The van der Waals surface area contributed by atoms with Gasteiger partial charge in [0.1, 0.15) is 0 Å². The third kappa shape index (κ3) is 3.78. The van der Waals surface area contributed by atoms with Crippen LogP contribution in [0.4, 0.5) is 5.69 Å². The highest BCUT2D eigenvalue weighted by molar-refractivity contribution is 7.89. The number of aromatic amines is 1. The van der Waals surface area contributed by atoms with E-state index in [1.165, 1.54) is 10.4 Å². The molecule has 0 aliphatic carbocycles. The van der Waals surface area contributed by atoms with Gasteiger partial charge in [-0.25, -0.2) is 8.42 Å². The van der Waals surface area contributed by atoms with E-state index in [4.69, 9.17) is 4.74 Å². The fourth-order valence-electron chi connectivity index (χ4n) is 3.54. The van der Waals surface area contributed by atoms with Crippen LogP contribution in [0.3, 0.4) is 0 Å². The molecule has 1 saturated heterocycles. The molecule has 1 aromatic heterocycles. The Labute approximate surface area is 169 Å². The molecular weight excluding hydrogens is 390 g/mol. The number of nitrogens with one attached hydrogen (secondary N) is 2. The summed E-state index contributed by atoms with van der Waals surface area (Å²) < 4.78 is 33.0. The monoisotopic (exact) mass is 413 g/mol. The van der Waals surface area contributed by atoms with Crippen LogP contribution in [0.1, 0.15) is 22.8 Å². The van der Waals surface area contributed by atoms with Crippen LogP contribution in [-0.4, -0.2) is 49.9 Å². The van der Waals surface area contributed by atoms with Crippen molar-refractivity contribution in [2.24, 2.45) is 0 Å². The molecular formula is C21H23N3O4S. The molecule has 152 valence electrons. The Hall–Kier alpha value is -2.68. The van der Waals surface area contributed by atoms with Gasteiger partial charge in [0.25, 0.3) is 5.91 Å². The molecule has 1 fully saturated rings. The topological polar surface area (TPSA) is 91.5 Å². The second-order valence-electron chi connectivity index (χ2n) is 6.89. The normalized spacial score (nSPS) is 15.5. The number of nitrogens with zero attached hydrogens (tertiary/aromatic N) is 1. The molecule has 1 aliphatic heterocycles. The molecule has 2 heterocycles. The third-order valence-electron chi connectivity index (χ3n) is 5.14. The van der Waals surface area contributed by atoms with Crippen LogP contribution in [0.25, 0.3) is 10.9 Å². The number of ether oxygens (including phenoxy) is 1. The summed E-state index contributed by atoms with van der Waals surface area (Å²) in [6.07, 6.45) is 2.37. The Morgan fingerprint density at radius 2 is 1.97 bits per heavy atom. The smallest absolute Gasteiger partial charge is 0.255 e. The second-order valence-corrected chi connectivity index (χ2v) is 8.80. The van der Waals surface area contributed by atoms with Gasteiger partial charge in [0.2, 0.25) is 10.0 Å². The number of morpholine rings is 1. The lowest BCUT2D eigenvalue weighted by molar-refractivity contribution is 0.0730. The van der Waals surface area contributed by atoms with Gasteiger partial charge in [-0.15, -0.1) is 0 Å². The molecule has 1 aliphatic rings. The molecule has 0 spiro atoms. The summed E-state index contributed by atoms with van der Waals surface area (Å²) in [6.45, 7) is 3.29. The van der Waals surface area contributed by atoms with Crippen LogP contribution in [0.5, 0.6) is 0 Å². The maximum atomic E-state index is 13.2. The van der Waals surface area contributed by atoms with E-state index >= 15 is 0 Å². The van der Waals surface area contributed by atoms with Gasteiger partial charge in [-0.1, -0.05) is 19.1 Å². The number of anilines is 1. The van der Waals surface area contributed by atoms with E-state index in [0.717, 1.165) is 10.9 Å². The number of benzene rings is 2. The number of hydrogen-bond donors (Lipinski definition) is 2. The standard InChI is InChI=1S/C21H23N3O4S/c1-2-15-6-7-16(14-20(15)29(26,27)24-10-12-28-13-11-24)21(25)23-19-5-3-4-18-17(19)8-9-22-18/h3-9,14,22H,2,10-13H2,1H3,(H,23,25). The summed E-state index contributed by atoms with van der Waals surface area (Å²) in [6, 6.07) is 12.4. The Bertz CT molecular complexity index is 1150. The Morgan fingerprint density at radius 3 is 2.72 bits per heavy atom. The first-order valence-electron chi connectivity index (χ1n) is 9.59. The van der Waals surface area contributed by atoms with Gasteiger partial charge >= 0.3 is 0 Å². The van der Waals surface area contributed by atoms with Crippen LogP contribution in [-0.2, 0) is 21.2 Å². The minimum absolute atomic E-state index is 0.189. The van der Waals surface area contributed by atoms with E-state index in [1.54, 1.807) is 12.1 Å². The number of fused-ring (bicyclic) bond motifs is 1. The lowest BCUT2D eigenvalue weighted by Gasteiger charge is -2.27. The first kappa shape index (κ1) is 19.6. The van der Waals surface area contributed by atoms with E-state index < -0.39 is 10.0 Å². The highest BCUT2D eigenvalue weighted by Crippen LogP contribution is 2.26. The molecule has 7 nitrogen and oxygen atoms in total. The number of aryl methyl sites for hydroxylation is 1. The SMILES string of the molecule is CCc1ccc(C(=O)Nc2cccc3[nH]ccc23)cc1S(=O)(=O)N1CCOCC1. The van der Waals surface area contributed by atoms with Gasteiger partial charge in [-0.3, -0.25) is 4.79 Å². The average molecular weight is 413 g/mol. The number of carbonyl (C=O) groups is 1. The van der Waals surface area contributed by atoms with Crippen molar-refractivity contribution < 1.29 is 17.9 Å². The first-order chi connectivity index (χ1) is 14.0. The summed E-state index contributed by atoms with van der Waals surface area (Å²) in [5.74, 6) is -0.347. The number of sulfonamides is 1. The van der Waals surface area contributed by atoms with E-state index in [1.807, 2.05) is 37.4 Å². The molecule has 0 unspecified atom stereocenters. The molecule has 0 radical (unpaired) electrons. The zero-order valence-electron chi connectivity index (χ0n) is 16.1. The molecule has 0 atom stereocenters. The summed E-state index contributed by atoms with van der Waals surface area (Å²) >= 11 is 0.